The van der Waals surface area contributed by atoms with Crippen molar-refractivity contribution in [2.75, 3.05) is 27.3 Å². The van der Waals surface area contributed by atoms with E-state index in [9.17, 15) is 9.59 Å². The molecule has 0 bridgehead atoms. The Labute approximate surface area is 167 Å². The highest BCUT2D eigenvalue weighted by atomic mass is 16.5. The van der Waals surface area contributed by atoms with E-state index in [4.69, 9.17) is 9.47 Å². The minimum Gasteiger partial charge on any atom is -0.497 e. The highest BCUT2D eigenvalue weighted by Gasteiger charge is 2.27. The molecule has 1 aromatic rings. The van der Waals surface area contributed by atoms with Crippen molar-refractivity contribution >= 4 is 17.9 Å². The summed E-state index contributed by atoms with van der Waals surface area (Å²) in [4.78, 5) is 26.7. The second-order valence-electron chi connectivity index (χ2n) is 7.58. The van der Waals surface area contributed by atoms with Crippen LogP contribution in [0.25, 0.3) is 6.08 Å². The Kier molecular flexibility index (Phi) is 7.91. The summed E-state index contributed by atoms with van der Waals surface area (Å²) in [7, 11) is 3.19. The molecule has 1 atom stereocenters. The number of hydrogen-bond donors (Lipinski definition) is 1. The average Bonchev–Trinajstić information content (AvgIpc) is 2.71. The summed E-state index contributed by atoms with van der Waals surface area (Å²) in [5, 5.41) is 3.08. The molecule has 1 saturated heterocycles. The standard InChI is InChI=1S/C22H32N2O4/c1-15(2)16(3)23-22(26)17-10-12-24(13-11-17)21(25)9-6-18-14-19(27-4)7-8-20(18)28-5/h6-9,14-17H,10-13H2,1-5H3,(H,23,26)/b9-6+. The molecule has 1 fully saturated rings. The van der Waals surface area contributed by atoms with Crippen LogP contribution in [-0.4, -0.2) is 50.1 Å². The van der Waals surface area contributed by atoms with E-state index >= 15 is 0 Å². The summed E-state index contributed by atoms with van der Waals surface area (Å²) in [6, 6.07) is 5.61. The van der Waals surface area contributed by atoms with Crippen LogP contribution >= 0.6 is 0 Å². The number of carbonyl (C=O) groups excluding carboxylic acids is 2. The smallest absolute Gasteiger partial charge is 0.246 e. The molecule has 2 rings (SSSR count). The Morgan fingerprint density at radius 3 is 2.39 bits per heavy atom. The van der Waals surface area contributed by atoms with Gasteiger partial charge in [-0.3, -0.25) is 9.59 Å². The Morgan fingerprint density at radius 2 is 1.82 bits per heavy atom. The van der Waals surface area contributed by atoms with Crippen LogP contribution in [0.15, 0.2) is 24.3 Å². The summed E-state index contributed by atoms with van der Waals surface area (Å²) in [5.41, 5.74) is 0.784. The maximum Gasteiger partial charge on any atom is 0.246 e. The molecule has 0 aromatic heterocycles. The molecule has 0 spiro atoms. The van der Waals surface area contributed by atoms with E-state index in [1.807, 2.05) is 25.1 Å². The molecule has 1 unspecified atom stereocenters. The summed E-state index contributed by atoms with van der Waals surface area (Å²) >= 11 is 0. The first-order chi connectivity index (χ1) is 13.3. The van der Waals surface area contributed by atoms with Gasteiger partial charge in [0.1, 0.15) is 11.5 Å². The zero-order valence-electron chi connectivity index (χ0n) is 17.5. The van der Waals surface area contributed by atoms with Gasteiger partial charge in [0.05, 0.1) is 14.2 Å². The number of hydrogen-bond acceptors (Lipinski definition) is 4. The van der Waals surface area contributed by atoms with Crippen LogP contribution in [0.3, 0.4) is 0 Å². The topological polar surface area (TPSA) is 67.9 Å². The largest absolute Gasteiger partial charge is 0.497 e. The second-order valence-corrected chi connectivity index (χ2v) is 7.58. The predicted octanol–water partition coefficient (Wildman–Crippen LogP) is 3.12. The zero-order valence-corrected chi connectivity index (χ0v) is 17.5. The molecule has 1 aliphatic rings. The molecule has 0 radical (unpaired) electrons. The van der Waals surface area contributed by atoms with Gasteiger partial charge in [0.2, 0.25) is 11.8 Å². The molecule has 0 saturated carbocycles. The monoisotopic (exact) mass is 388 g/mol. The van der Waals surface area contributed by atoms with Crippen molar-refractivity contribution in [3.63, 3.8) is 0 Å². The molecule has 6 nitrogen and oxygen atoms in total. The maximum atomic E-state index is 12.5. The molecular formula is C22H32N2O4. The van der Waals surface area contributed by atoms with Crippen LogP contribution in [0.5, 0.6) is 11.5 Å². The van der Waals surface area contributed by atoms with Crippen LogP contribution in [0, 0.1) is 11.8 Å². The van der Waals surface area contributed by atoms with Crippen molar-refractivity contribution in [3.05, 3.63) is 29.8 Å². The van der Waals surface area contributed by atoms with Crippen molar-refractivity contribution in [1.82, 2.24) is 10.2 Å². The van der Waals surface area contributed by atoms with Gasteiger partial charge in [0.25, 0.3) is 0 Å². The van der Waals surface area contributed by atoms with Gasteiger partial charge in [-0.15, -0.1) is 0 Å². The number of benzene rings is 1. The van der Waals surface area contributed by atoms with Crippen LogP contribution in [0.2, 0.25) is 0 Å². The normalized spacial score (nSPS) is 16.3. The molecule has 1 aromatic carbocycles. The van der Waals surface area contributed by atoms with Crippen molar-refractivity contribution in [2.24, 2.45) is 11.8 Å². The Hall–Kier alpha value is -2.50. The molecule has 1 aliphatic heterocycles. The Bertz CT molecular complexity index is 706. The van der Waals surface area contributed by atoms with E-state index in [0.29, 0.717) is 43.3 Å². The van der Waals surface area contributed by atoms with Gasteiger partial charge < -0.3 is 19.7 Å². The quantitative estimate of drug-likeness (QED) is 0.729. The van der Waals surface area contributed by atoms with E-state index in [1.165, 1.54) is 0 Å². The number of rotatable bonds is 7. The fourth-order valence-electron chi connectivity index (χ4n) is 3.11. The number of nitrogens with one attached hydrogen (secondary N) is 1. The van der Waals surface area contributed by atoms with Crippen molar-refractivity contribution in [3.8, 4) is 11.5 Å². The van der Waals surface area contributed by atoms with Crippen molar-refractivity contribution in [1.29, 1.82) is 0 Å². The van der Waals surface area contributed by atoms with E-state index in [0.717, 1.165) is 5.56 Å². The first-order valence-corrected chi connectivity index (χ1v) is 9.85. The second kappa shape index (κ2) is 10.2. The number of nitrogens with zero attached hydrogens (tertiary/aromatic N) is 1. The van der Waals surface area contributed by atoms with E-state index in [2.05, 4.69) is 19.2 Å². The molecule has 1 heterocycles. The molecule has 28 heavy (non-hydrogen) atoms. The average molecular weight is 389 g/mol. The summed E-state index contributed by atoms with van der Waals surface area (Å²) in [5.74, 6) is 1.82. The maximum absolute atomic E-state index is 12.5. The highest BCUT2D eigenvalue weighted by molar-refractivity contribution is 5.92. The molecule has 1 N–H and O–H groups in total. The molecule has 0 aliphatic carbocycles. The van der Waals surface area contributed by atoms with Gasteiger partial charge in [-0.2, -0.15) is 0 Å². The van der Waals surface area contributed by atoms with Gasteiger partial charge >= 0.3 is 0 Å². The third kappa shape index (κ3) is 5.75. The lowest BCUT2D eigenvalue weighted by molar-refractivity contribution is -0.132. The van der Waals surface area contributed by atoms with Crippen molar-refractivity contribution < 1.29 is 19.1 Å². The molecule has 2 amide bonds. The van der Waals surface area contributed by atoms with E-state index in [-0.39, 0.29) is 23.8 Å². The van der Waals surface area contributed by atoms with Crippen LogP contribution in [-0.2, 0) is 9.59 Å². The fraction of sp³-hybridized carbons (Fsp3) is 0.545. The summed E-state index contributed by atoms with van der Waals surface area (Å²) in [6.07, 6.45) is 4.68. The van der Waals surface area contributed by atoms with E-state index < -0.39 is 0 Å². The van der Waals surface area contributed by atoms with Gasteiger partial charge in [-0.05, 0) is 50.0 Å². The lowest BCUT2D eigenvalue weighted by Gasteiger charge is -2.31. The Morgan fingerprint density at radius 1 is 1.14 bits per heavy atom. The zero-order chi connectivity index (χ0) is 20.7. The van der Waals surface area contributed by atoms with Crippen LogP contribution < -0.4 is 14.8 Å². The molecule has 6 heteroatoms. The summed E-state index contributed by atoms with van der Waals surface area (Å²) < 4.78 is 10.6. The van der Waals surface area contributed by atoms with Gasteiger partial charge in [-0.1, -0.05) is 13.8 Å². The lowest BCUT2D eigenvalue weighted by Crippen LogP contribution is -2.45. The third-order valence-electron chi connectivity index (χ3n) is 5.39. The number of carbonyl (C=O) groups is 2. The fourth-order valence-corrected chi connectivity index (χ4v) is 3.11. The minimum absolute atomic E-state index is 0.0206. The number of piperidine rings is 1. The summed E-state index contributed by atoms with van der Waals surface area (Å²) in [6.45, 7) is 7.39. The minimum atomic E-state index is -0.0562. The predicted molar refractivity (Wildman–Crippen MR) is 110 cm³/mol. The lowest BCUT2D eigenvalue weighted by atomic mass is 9.94. The molecule has 154 valence electrons. The van der Waals surface area contributed by atoms with Gasteiger partial charge in [0.15, 0.2) is 0 Å². The number of likely N-dealkylation sites (tertiary alicyclic amines) is 1. The molecular weight excluding hydrogens is 356 g/mol. The SMILES string of the molecule is COc1ccc(OC)c(/C=C/C(=O)N2CCC(C(=O)NC(C)C(C)C)CC2)c1. The highest BCUT2D eigenvalue weighted by Crippen LogP contribution is 2.25. The first kappa shape index (κ1) is 21.8. The Balaban J connectivity index is 1.92. The number of amides is 2. The van der Waals surface area contributed by atoms with Gasteiger partial charge in [0, 0.05) is 36.7 Å². The van der Waals surface area contributed by atoms with Crippen molar-refractivity contribution in [2.45, 2.75) is 39.7 Å². The third-order valence-corrected chi connectivity index (χ3v) is 5.39. The van der Waals surface area contributed by atoms with E-state index in [1.54, 1.807) is 31.3 Å². The first-order valence-electron chi connectivity index (χ1n) is 9.85. The number of ether oxygens (including phenoxy) is 2. The van der Waals surface area contributed by atoms with Crippen LogP contribution in [0.4, 0.5) is 0 Å². The number of methoxy groups -OCH3 is 2. The van der Waals surface area contributed by atoms with Crippen LogP contribution in [0.1, 0.15) is 39.2 Å². The van der Waals surface area contributed by atoms with Gasteiger partial charge in [-0.25, -0.2) is 0 Å².